The zero-order chi connectivity index (χ0) is 14.4. The van der Waals surface area contributed by atoms with E-state index in [-0.39, 0.29) is 13.2 Å². The van der Waals surface area contributed by atoms with Crippen molar-refractivity contribution >= 4 is 35.1 Å². The second-order valence-corrected chi connectivity index (χ2v) is 4.51. The van der Waals surface area contributed by atoms with Gasteiger partial charge in [-0.3, -0.25) is 9.59 Å². The van der Waals surface area contributed by atoms with E-state index in [1.807, 2.05) is 0 Å². The van der Waals surface area contributed by atoms with E-state index in [1.165, 1.54) is 18.2 Å². The molecule has 104 valence electrons. The standard InChI is InChI=1S/C13H14Cl2O4/c1-3-18-12(16)11(13(17)19-4-2)8-5-9(14)7-10(15)6-8/h5-7,11H,3-4H2,1-2H3. The lowest BCUT2D eigenvalue weighted by Gasteiger charge is -2.15. The van der Waals surface area contributed by atoms with Gasteiger partial charge in [0, 0.05) is 10.0 Å². The summed E-state index contributed by atoms with van der Waals surface area (Å²) < 4.78 is 9.76. The van der Waals surface area contributed by atoms with Gasteiger partial charge in [-0.2, -0.15) is 0 Å². The summed E-state index contributed by atoms with van der Waals surface area (Å²) in [4.78, 5) is 23.7. The molecule has 19 heavy (non-hydrogen) atoms. The normalized spacial score (nSPS) is 10.4. The number of benzene rings is 1. The third kappa shape index (κ3) is 4.40. The lowest BCUT2D eigenvalue weighted by Crippen LogP contribution is -2.26. The summed E-state index contributed by atoms with van der Waals surface area (Å²) in [5.41, 5.74) is 0.356. The van der Waals surface area contributed by atoms with Crippen molar-refractivity contribution < 1.29 is 19.1 Å². The second-order valence-electron chi connectivity index (χ2n) is 3.64. The highest BCUT2D eigenvalue weighted by atomic mass is 35.5. The molecule has 0 saturated carbocycles. The molecule has 0 radical (unpaired) electrons. The molecule has 1 rings (SSSR count). The molecule has 1 aromatic carbocycles. The highest BCUT2D eigenvalue weighted by Gasteiger charge is 2.31. The number of carbonyl (C=O) groups is 2. The Morgan fingerprint density at radius 2 is 1.42 bits per heavy atom. The molecule has 0 atom stereocenters. The van der Waals surface area contributed by atoms with E-state index in [4.69, 9.17) is 32.7 Å². The van der Waals surface area contributed by atoms with Crippen LogP contribution in [0.25, 0.3) is 0 Å². The lowest BCUT2D eigenvalue weighted by atomic mass is 9.99. The maximum atomic E-state index is 11.9. The summed E-state index contributed by atoms with van der Waals surface area (Å²) in [6.45, 7) is 3.65. The van der Waals surface area contributed by atoms with Crippen LogP contribution in [-0.4, -0.2) is 25.2 Å². The molecule has 0 aliphatic carbocycles. The van der Waals surface area contributed by atoms with E-state index >= 15 is 0 Å². The SMILES string of the molecule is CCOC(=O)C(C(=O)OCC)c1cc(Cl)cc(Cl)c1. The Balaban J connectivity index is 3.14. The maximum Gasteiger partial charge on any atom is 0.324 e. The van der Waals surface area contributed by atoms with Crippen LogP contribution < -0.4 is 0 Å². The average molecular weight is 305 g/mol. The van der Waals surface area contributed by atoms with E-state index < -0.39 is 17.9 Å². The molecular weight excluding hydrogens is 291 g/mol. The van der Waals surface area contributed by atoms with Crippen LogP contribution in [0, 0.1) is 0 Å². The van der Waals surface area contributed by atoms with Crippen LogP contribution in [0.15, 0.2) is 18.2 Å². The number of halogens is 2. The van der Waals surface area contributed by atoms with Gasteiger partial charge in [-0.1, -0.05) is 23.2 Å². The Kier molecular flexibility index (Phi) is 6.12. The van der Waals surface area contributed by atoms with Crippen molar-refractivity contribution in [2.24, 2.45) is 0 Å². The van der Waals surface area contributed by atoms with Crippen molar-refractivity contribution in [2.45, 2.75) is 19.8 Å². The molecule has 1 aromatic rings. The van der Waals surface area contributed by atoms with Gasteiger partial charge in [0.2, 0.25) is 0 Å². The van der Waals surface area contributed by atoms with Crippen LogP contribution in [0.3, 0.4) is 0 Å². The van der Waals surface area contributed by atoms with E-state index in [2.05, 4.69) is 0 Å². The molecule has 0 N–H and O–H groups in total. The van der Waals surface area contributed by atoms with E-state index in [0.717, 1.165) is 0 Å². The Bertz CT molecular complexity index is 435. The van der Waals surface area contributed by atoms with Crippen molar-refractivity contribution in [3.63, 3.8) is 0 Å². The Morgan fingerprint density at radius 1 is 1.00 bits per heavy atom. The fourth-order valence-corrected chi connectivity index (χ4v) is 2.10. The highest BCUT2D eigenvalue weighted by molar-refractivity contribution is 6.34. The molecule has 0 aliphatic heterocycles. The lowest BCUT2D eigenvalue weighted by molar-refractivity contribution is -0.156. The van der Waals surface area contributed by atoms with Crippen molar-refractivity contribution in [2.75, 3.05) is 13.2 Å². The maximum absolute atomic E-state index is 11.9. The smallest absolute Gasteiger partial charge is 0.324 e. The molecule has 6 heteroatoms. The van der Waals surface area contributed by atoms with Crippen LogP contribution >= 0.6 is 23.2 Å². The number of rotatable bonds is 5. The molecule has 0 amide bonds. The van der Waals surface area contributed by atoms with Crippen LogP contribution in [0.1, 0.15) is 25.3 Å². The number of hydrogen-bond acceptors (Lipinski definition) is 4. The number of hydrogen-bond donors (Lipinski definition) is 0. The van der Waals surface area contributed by atoms with E-state index in [1.54, 1.807) is 13.8 Å². The molecule has 0 fully saturated rings. The minimum Gasteiger partial charge on any atom is -0.465 e. The van der Waals surface area contributed by atoms with Gasteiger partial charge in [0.25, 0.3) is 0 Å². The first kappa shape index (κ1) is 15.8. The Hall–Kier alpha value is -1.26. The van der Waals surface area contributed by atoms with Crippen LogP contribution in [-0.2, 0) is 19.1 Å². The third-order valence-electron chi connectivity index (χ3n) is 2.26. The number of ether oxygens (including phenoxy) is 2. The number of carbonyl (C=O) groups excluding carboxylic acids is 2. The molecule has 0 bridgehead atoms. The minimum absolute atomic E-state index is 0.170. The van der Waals surface area contributed by atoms with Gasteiger partial charge in [0.05, 0.1) is 13.2 Å². The van der Waals surface area contributed by atoms with Gasteiger partial charge < -0.3 is 9.47 Å². The van der Waals surface area contributed by atoms with Gasteiger partial charge in [-0.05, 0) is 37.6 Å². The summed E-state index contributed by atoms with van der Waals surface area (Å²) in [7, 11) is 0. The molecular formula is C13H14Cl2O4. The largest absolute Gasteiger partial charge is 0.465 e. The van der Waals surface area contributed by atoms with Crippen molar-refractivity contribution in [1.29, 1.82) is 0 Å². The van der Waals surface area contributed by atoms with E-state index in [9.17, 15) is 9.59 Å². The molecule has 4 nitrogen and oxygen atoms in total. The first-order valence-corrected chi connectivity index (χ1v) is 6.54. The zero-order valence-electron chi connectivity index (χ0n) is 10.6. The Morgan fingerprint density at radius 3 is 1.79 bits per heavy atom. The molecule has 0 spiro atoms. The van der Waals surface area contributed by atoms with Crippen LogP contribution in [0.2, 0.25) is 10.0 Å². The molecule has 0 saturated heterocycles. The first-order chi connectivity index (χ1) is 8.99. The molecule has 0 unspecified atom stereocenters. The van der Waals surface area contributed by atoms with Gasteiger partial charge in [-0.15, -0.1) is 0 Å². The third-order valence-corrected chi connectivity index (χ3v) is 2.70. The summed E-state index contributed by atoms with van der Waals surface area (Å²) in [5, 5.41) is 0.669. The minimum atomic E-state index is -1.17. The van der Waals surface area contributed by atoms with Gasteiger partial charge in [0.1, 0.15) is 0 Å². The summed E-state index contributed by atoms with van der Waals surface area (Å²) >= 11 is 11.7. The topological polar surface area (TPSA) is 52.6 Å². The predicted molar refractivity (Wildman–Crippen MR) is 72.5 cm³/mol. The second kappa shape index (κ2) is 7.36. The summed E-state index contributed by atoms with van der Waals surface area (Å²) in [6.07, 6.45) is 0. The fraction of sp³-hybridized carbons (Fsp3) is 0.385. The summed E-state index contributed by atoms with van der Waals surface area (Å²) in [5.74, 6) is -2.53. The summed E-state index contributed by atoms with van der Waals surface area (Å²) in [6, 6.07) is 4.50. The molecule has 0 heterocycles. The first-order valence-electron chi connectivity index (χ1n) is 5.78. The van der Waals surface area contributed by atoms with Gasteiger partial charge >= 0.3 is 11.9 Å². The fourth-order valence-electron chi connectivity index (χ4n) is 1.56. The van der Waals surface area contributed by atoms with E-state index in [0.29, 0.717) is 15.6 Å². The van der Waals surface area contributed by atoms with Crippen LogP contribution in [0.4, 0.5) is 0 Å². The van der Waals surface area contributed by atoms with Crippen molar-refractivity contribution in [3.8, 4) is 0 Å². The molecule has 0 aliphatic rings. The quantitative estimate of drug-likeness (QED) is 0.619. The number of esters is 2. The monoisotopic (exact) mass is 304 g/mol. The van der Waals surface area contributed by atoms with Gasteiger partial charge in [-0.25, -0.2) is 0 Å². The van der Waals surface area contributed by atoms with Crippen molar-refractivity contribution in [3.05, 3.63) is 33.8 Å². The molecule has 0 aromatic heterocycles. The highest BCUT2D eigenvalue weighted by Crippen LogP contribution is 2.26. The Labute approximate surface area is 121 Å². The predicted octanol–water partition coefficient (Wildman–Crippen LogP) is 3.20. The zero-order valence-corrected chi connectivity index (χ0v) is 12.1. The average Bonchev–Trinajstić information content (AvgIpc) is 2.28. The van der Waals surface area contributed by atoms with Crippen LogP contribution in [0.5, 0.6) is 0 Å². The van der Waals surface area contributed by atoms with Gasteiger partial charge in [0.15, 0.2) is 5.92 Å². The van der Waals surface area contributed by atoms with Crippen molar-refractivity contribution in [1.82, 2.24) is 0 Å².